The molecule has 0 aliphatic carbocycles. The molecule has 0 aliphatic rings. The van der Waals surface area contributed by atoms with Crippen LogP contribution in [-0.4, -0.2) is 0 Å². The van der Waals surface area contributed by atoms with Crippen molar-refractivity contribution >= 4 is 31.9 Å². The summed E-state index contributed by atoms with van der Waals surface area (Å²) in [7, 11) is 0. The van der Waals surface area contributed by atoms with Gasteiger partial charge in [-0.3, -0.25) is 0 Å². The van der Waals surface area contributed by atoms with Gasteiger partial charge in [-0.25, -0.2) is 4.39 Å². The highest BCUT2D eigenvalue weighted by molar-refractivity contribution is 9.13. The van der Waals surface area contributed by atoms with Crippen LogP contribution in [0.5, 0.6) is 0 Å². The second kappa shape index (κ2) is 5.99. The van der Waals surface area contributed by atoms with E-state index in [1.54, 1.807) is 6.07 Å². The Labute approximate surface area is 122 Å². The third kappa shape index (κ3) is 3.43. The Morgan fingerprint density at radius 2 is 2.11 bits per heavy atom. The Morgan fingerprint density at radius 3 is 2.72 bits per heavy atom. The van der Waals surface area contributed by atoms with Gasteiger partial charge in [-0.2, -0.15) is 0 Å². The van der Waals surface area contributed by atoms with Crippen molar-refractivity contribution < 1.29 is 8.81 Å². The van der Waals surface area contributed by atoms with E-state index in [1.165, 1.54) is 12.1 Å². The zero-order valence-corrected chi connectivity index (χ0v) is 12.9. The van der Waals surface area contributed by atoms with Crippen molar-refractivity contribution in [3.63, 3.8) is 0 Å². The number of nitrogens with one attached hydrogen (secondary N) is 1. The number of furan rings is 1. The summed E-state index contributed by atoms with van der Waals surface area (Å²) in [6, 6.07) is 8.54. The van der Waals surface area contributed by atoms with Crippen LogP contribution in [0.15, 0.2) is 43.9 Å². The van der Waals surface area contributed by atoms with Crippen molar-refractivity contribution in [3.8, 4) is 0 Å². The fourth-order valence-electron chi connectivity index (χ4n) is 1.63. The fourth-order valence-corrected chi connectivity index (χ4v) is 2.28. The summed E-state index contributed by atoms with van der Waals surface area (Å²) in [5, 5.41) is 3.28. The molecule has 1 aromatic carbocycles. The molecule has 18 heavy (non-hydrogen) atoms. The van der Waals surface area contributed by atoms with Gasteiger partial charge in [0, 0.05) is 6.04 Å². The van der Waals surface area contributed by atoms with Crippen molar-refractivity contribution in [2.24, 2.45) is 0 Å². The summed E-state index contributed by atoms with van der Waals surface area (Å²) in [5.41, 5.74) is 0.916. The van der Waals surface area contributed by atoms with Gasteiger partial charge in [-0.15, -0.1) is 0 Å². The summed E-state index contributed by atoms with van der Waals surface area (Å²) >= 11 is 6.65. The average Bonchev–Trinajstić information content (AvgIpc) is 2.66. The minimum Gasteiger partial charge on any atom is -0.452 e. The molecule has 1 aromatic heterocycles. The van der Waals surface area contributed by atoms with Gasteiger partial charge in [0.25, 0.3) is 0 Å². The predicted molar refractivity (Wildman–Crippen MR) is 75.8 cm³/mol. The molecule has 0 aliphatic heterocycles. The fraction of sp³-hybridized carbons (Fsp3) is 0.231. The van der Waals surface area contributed by atoms with Crippen LogP contribution in [0.3, 0.4) is 0 Å². The number of hydrogen-bond acceptors (Lipinski definition) is 2. The molecule has 0 saturated carbocycles. The molecule has 1 atom stereocenters. The van der Waals surface area contributed by atoms with Crippen molar-refractivity contribution in [1.82, 2.24) is 5.32 Å². The highest BCUT2D eigenvalue weighted by Gasteiger charge is 2.09. The molecule has 0 spiro atoms. The van der Waals surface area contributed by atoms with Crippen LogP contribution in [-0.2, 0) is 6.54 Å². The molecule has 0 fully saturated rings. The highest BCUT2D eigenvalue weighted by atomic mass is 79.9. The van der Waals surface area contributed by atoms with E-state index in [0.29, 0.717) is 11.2 Å². The molecule has 1 heterocycles. The topological polar surface area (TPSA) is 25.2 Å². The van der Waals surface area contributed by atoms with Crippen LogP contribution < -0.4 is 5.32 Å². The van der Waals surface area contributed by atoms with Crippen LogP contribution in [0, 0.1) is 5.82 Å². The van der Waals surface area contributed by atoms with Crippen molar-refractivity contribution in [2.75, 3.05) is 0 Å². The molecule has 2 rings (SSSR count). The lowest BCUT2D eigenvalue weighted by Gasteiger charge is -2.13. The Morgan fingerprint density at radius 1 is 1.33 bits per heavy atom. The van der Waals surface area contributed by atoms with E-state index < -0.39 is 0 Å². The van der Waals surface area contributed by atoms with E-state index in [2.05, 4.69) is 37.2 Å². The molecule has 1 N–H and O–H groups in total. The van der Waals surface area contributed by atoms with Gasteiger partial charge < -0.3 is 9.73 Å². The van der Waals surface area contributed by atoms with Crippen molar-refractivity contribution in [3.05, 3.63) is 56.6 Å². The zero-order valence-electron chi connectivity index (χ0n) is 9.71. The molecule has 2 nitrogen and oxygen atoms in total. The van der Waals surface area contributed by atoms with E-state index in [1.807, 2.05) is 19.1 Å². The van der Waals surface area contributed by atoms with E-state index in [4.69, 9.17) is 4.42 Å². The lowest BCUT2D eigenvalue weighted by Crippen LogP contribution is -2.17. The molecule has 2 aromatic rings. The molecule has 0 radical (unpaired) electrons. The maximum atomic E-state index is 13.1. The lowest BCUT2D eigenvalue weighted by atomic mass is 10.1. The predicted octanol–water partition coefficient (Wildman–Crippen LogP) is 4.79. The van der Waals surface area contributed by atoms with Crippen LogP contribution in [0.1, 0.15) is 24.3 Å². The standard InChI is InChI=1S/C13H12Br2FNO/c1-8(9-3-2-4-10(16)5-9)17-7-11-6-12(14)13(15)18-11/h2-6,8,17H,7H2,1H3/t8-/m1/s1. The van der Waals surface area contributed by atoms with Gasteiger partial charge in [-0.1, -0.05) is 12.1 Å². The largest absolute Gasteiger partial charge is 0.452 e. The molecule has 0 saturated heterocycles. The van der Waals surface area contributed by atoms with Gasteiger partial charge in [-0.05, 0) is 62.5 Å². The summed E-state index contributed by atoms with van der Waals surface area (Å²) in [4.78, 5) is 0. The normalized spacial score (nSPS) is 12.7. The first kappa shape index (κ1) is 13.8. The van der Waals surface area contributed by atoms with E-state index in [0.717, 1.165) is 15.8 Å². The van der Waals surface area contributed by atoms with Crippen LogP contribution in [0.2, 0.25) is 0 Å². The second-order valence-electron chi connectivity index (χ2n) is 3.99. The summed E-state index contributed by atoms with van der Waals surface area (Å²) < 4.78 is 20.1. The van der Waals surface area contributed by atoms with Gasteiger partial charge >= 0.3 is 0 Å². The first-order chi connectivity index (χ1) is 8.56. The van der Waals surface area contributed by atoms with Crippen molar-refractivity contribution in [2.45, 2.75) is 19.5 Å². The van der Waals surface area contributed by atoms with Crippen LogP contribution in [0.4, 0.5) is 4.39 Å². The summed E-state index contributed by atoms with van der Waals surface area (Å²) in [5.74, 6) is 0.599. The number of rotatable bonds is 4. The quantitative estimate of drug-likeness (QED) is 0.829. The van der Waals surface area contributed by atoms with E-state index >= 15 is 0 Å². The smallest absolute Gasteiger partial charge is 0.183 e. The monoisotopic (exact) mass is 375 g/mol. The Bertz CT molecular complexity index is 522. The van der Waals surface area contributed by atoms with Crippen molar-refractivity contribution in [1.29, 1.82) is 0 Å². The van der Waals surface area contributed by atoms with E-state index in [-0.39, 0.29) is 11.9 Å². The number of benzene rings is 1. The molecular weight excluding hydrogens is 365 g/mol. The minimum atomic E-state index is -0.218. The second-order valence-corrected chi connectivity index (χ2v) is 5.57. The Hall–Kier alpha value is -0.650. The molecule has 5 heteroatoms. The SMILES string of the molecule is C[C@@H](NCc1cc(Br)c(Br)o1)c1cccc(F)c1. The molecule has 96 valence electrons. The molecule has 0 unspecified atom stereocenters. The summed E-state index contributed by atoms with van der Waals surface area (Å²) in [6.07, 6.45) is 0. The first-order valence-electron chi connectivity index (χ1n) is 5.49. The summed E-state index contributed by atoms with van der Waals surface area (Å²) in [6.45, 7) is 2.57. The third-order valence-corrected chi connectivity index (χ3v) is 4.34. The molecular formula is C13H12Br2FNO. The Balaban J connectivity index is 1.98. The maximum absolute atomic E-state index is 13.1. The average molecular weight is 377 g/mol. The third-order valence-electron chi connectivity index (χ3n) is 2.63. The molecule has 0 bridgehead atoms. The van der Waals surface area contributed by atoms with Crippen LogP contribution in [0.25, 0.3) is 0 Å². The lowest BCUT2D eigenvalue weighted by molar-refractivity contribution is 0.445. The molecule has 0 amide bonds. The maximum Gasteiger partial charge on any atom is 0.183 e. The highest BCUT2D eigenvalue weighted by Crippen LogP contribution is 2.27. The minimum absolute atomic E-state index is 0.0587. The first-order valence-corrected chi connectivity index (χ1v) is 7.07. The number of hydrogen-bond donors (Lipinski definition) is 1. The number of halogens is 3. The van der Waals surface area contributed by atoms with E-state index in [9.17, 15) is 4.39 Å². The van der Waals surface area contributed by atoms with Crippen LogP contribution >= 0.6 is 31.9 Å². The van der Waals surface area contributed by atoms with Gasteiger partial charge in [0.05, 0.1) is 11.0 Å². The van der Waals surface area contributed by atoms with Gasteiger partial charge in [0.15, 0.2) is 4.67 Å². The van der Waals surface area contributed by atoms with Gasteiger partial charge in [0.1, 0.15) is 11.6 Å². The van der Waals surface area contributed by atoms with Gasteiger partial charge in [0.2, 0.25) is 0 Å². The Kier molecular flexibility index (Phi) is 4.59. The zero-order chi connectivity index (χ0) is 13.1.